The molecule has 0 spiro atoms. The first-order chi connectivity index (χ1) is 8.99. The topological polar surface area (TPSA) is 44.1 Å². The number of pyridine rings is 1. The van der Waals surface area contributed by atoms with Gasteiger partial charge in [0, 0.05) is 34.7 Å². The molecule has 0 fully saturated rings. The van der Waals surface area contributed by atoms with Gasteiger partial charge in [0.1, 0.15) is 5.75 Å². The Kier molecular flexibility index (Phi) is 4.04. The fraction of sp³-hybridized carbons (Fsp3) is 0.286. The smallest absolute Gasteiger partial charge is 0.202 e. The van der Waals surface area contributed by atoms with E-state index in [-0.39, 0.29) is 12.4 Å². The highest BCUT2D eigenvalue weighted by molar-refractivity contribution is 9.10. The van der Waals surface area contributed by atoms with Crippen LogP contribution in [0.25, 0.3) is 0 Å². The number of carbonyl (C=O) groups is 1. The van der Waals surface area contributed by atoms with Crippen LogP contribution in [0.1, 0.15) is 21.7 Å². The third-order valence-corrected chi connectivity index (χ3v) is 3.56. The van der Waals surface area contributed by atoms with Crippen molar-refractivity contribution in [1.82, 2.24) is 9.55 Å². The molecule has 2 rings (SSSR count). The maximum atomic E-state index is 12.1. The zero-order chi connectivity index (χ0) is 14.0. The lowest BCUT2D eigenvalue weighted by Crippen LogP contribution is -2.12. The van der Waals surface area contributed by atoms with E-state index in [2.05, 4.69) is 20.9 Å². The lowest BCUT2D eigenvalue weighted by molar-refractivity contribution is 0.0920. The average Bonchev–Trinajstić information content (AvgIpc) is 2.64. The van der Waals surface area contributed by atoms with Crippen LogP contribution in [0.5, 0.6) is 5.75 Å². The summed E-state index contributed by atoms with van der Waals surface area (Å²) < 4.78 is 8.27. The monoisotopic (exact) mass is 322 g/mol. The predicted molar refractivity (Wildman–Crippen MR) is 76.6 cm³/mol. The third-order valence-electron chi connectivity index (χ3n) is 3.13. The van der Waals surface area contributed by atoms with Crippen molar-refractivity contribution < 1.29 is 9.53 Å². The number of aryl methyl sites for hydroxylation is 1. The molecule has 2 aromatic rings. The molecule has 0 saturated heterocycles. The van der Waals surface area contributed by atoms with Crippen LogP contribution in [0, 0.1) is 13.8 Å². The second-order valence-electron chi connectivity index (χ2n) is 4.39. The number of aromatic nitrogens is 2. The Morgan fingerprint density at radius 2 is 2.11 bits per heavy atom. The number of ether oxygens (including phenoxy) is 1. The maximum absolute atomic E-state index is 12.1. The fourth-order valence-electron chi connectivity index (χ4n) is 1.84. The van der Waals surface area contributed by atoms with Crippen molar-refractivity contribution in [1.29, 1.82) is 0 Å². The molecule has 2 heterocycles. The van der Waals surface area contributed by atoms with Crippen LogP contribution in [-0.4, -0.2) is 21.9 Å². The summed E-state index contributed by atoms with van der Waals surface area (Å²) in [5.41, 5.74) is 2.73. The Morgan fingerprint density at radius 1 is 1.37 bits per heavy atom. The maximum Gasteiger partial charge on any atom is 0.202 e. The zero-order valence-corrected chi connectivity index (χ0v) is 12.7. The second-order valence-corrected chi connectivity index (χ2v) is 5.31. The van der Waals surface area contributed by atoms with E-state index in [0.29, 0.717) is 11.3 Å². The van der Waals surface area contributed by atoms with Gasteiger partial charge in [0.25, 0.3) is 0 Å². The van der Waals surface area contributed by atoms with Crippen molar-refractivity contribution in [2.45, 2.75) is 13.8 Å². The van der Waals surface area contributed by atoms with E-state index in [0.717, 1.165) is 15.9 Å². The normalized spacial score (nSPS) is 10.5. The van der Waals surface area contributed by atoms with Crippen molar-refractivity contribution >= 4 is 21.7 Å². The Morgan fingerprint density at radius 3 is 2.68 bits per heavy atom. The third kappa shape index (κ3) is 3.04. The van der Waals surface area contributed by atoms with Crippen molar-refractivity contribution in [2.75, 3.05) is 6.61 Å². The molecule has 0 atom stereocenters. The van der Waals surface area contributed by atoms with E-state index in [4.69, 9.17) is 4.74 Å². The van der Waals surface area contributed by atoms with Gasteiger partial charge in [0.2, 0.25) is 5.78 Å². The van der Waals surface area contributed by atoms with E-state index in [1.165, 1.54) is 0 Å². The molecule has 4 nitrogen and oxygen atoms in total. The molecule has 0 aliphatic heterocycles. The minimum atomic E-state index is -0.0267. The van der Waals surface area contributed by atoms with Crippen LogP contribution in [0.4, 0.5) is 0 Å². The number of nitrogens with zero attached hydrogens (tertiary/aromatic N) is 2. The van der Waals surface area contributed by atoms with Crippen LogP contribution in [0.3, 0.4) is 0 Å². The molecular weight excluding hydrogens is 308 g/mol. The Balaban J connectivity index is 2.07. The van der Waals surface area contributed by atoms with Gasteiger partial charge in [-0.2, -0.15) is 0 Å². The molecule has 19 heavy (non-hydrogen) atoms. The van der Waals surface area contributed by atoms with Crippen molar-refractivity contribution in [3.05, 3.63) is 46.0 Å². The van der Waals surface area contributed by atoms with Crippen LogP contribution < -0.4 is 4.74 Å². The minimum absolute atomic E-state index is 0.0163. The largest absolute Gasteiger partial charge is 0.484 e. The second kappa shape index (κ2) is 5.57. The van der Waals surface area contributed by atoms with E-state index in [1.54, 1.807) is 18.5 Å². The highest BCUT2D eigenvalue weighted by Crippen LogP contribution is 2.17. The number of ketones is 1. The summed E-state index contributed by atoms with van der Waals surface area (Å²) in [4.78, 5) is 16.1. The summed E-state index contributed by atoms with van der Waals surface area (Å²) >= 11 is 3.31. The van der Waals surface area contributed by atoms with Gasteiger partial charge < -0.3 is 9.30 Å². The number of Topliss-reactive ketones (excluding diaryl/α,β-unsaturated/α-hetero) is 1. The van der Waals surface area contributed by atoms with Gasteiger partial charge in [0.05, 0.1) is 6.20 Å². The molecule has 0 aromatic carbocycles. The molecule has 0 aliphatic carbocycles. The highest BCUT2D eigenvalue weighted by atomic mass is 79.9. The molecule has 0 aliphatic rings. The molecular formula is C14H15BrN2O2. The molecule has 0 radical (unpaired) electrons. The van der Waals surface area contributed by atoms with E-state index in [1.807, 2.05) is 31.5 Å². The van der Waals surface area contributed by atoms with Crippen molar-refractivity contribution in [3.8, 4) is 5.75 Å². The average molecular weight is 323 g/mol. The van der Waals surface area contributed by atoms with Crippen LogP contribution >= 0.6 is 15.9 Å². The van der Waals surface area contributed by atoms with Gasteiger partial charge in [-0.05, 0) is 41.9 Å². The number of hydrogen-bond acceptors (Lipinski definition) is 3. The summed E-state index contributed by atoms with van der Waals surface area (Å²) in [6, 6.07) is 3.67. The summed E-state index contributed by atoms with van der Waals surface area (Å²) in [5, 5.41) is 0. The number of halogens is 1. The Hall–Kier alpha value is -1.62. The standard InChI is InChI=1S/C14H15BrN2O2/c1-9-4-13(10(2)17(9)3)14(18)8-19-12-5-11(15)6-16-7-12/h4-7H,8H2,1-3H3. The quantitative estimate of drug-likeness (QED) is 0.812. The van der Waals surface area contributed by atoms with E-state index < -0.39 is 0 Å². The number of carbonyl (C=O) groups excluding carboxylic acids is 1. The fourth-order valence-corrected chi connectivity index (χ4v) is 2.18. The van der Waals surface area contributed by atoms with Gasteiger partial charge in [-0.15, -0.1) is 0 Å². The van der Waals surface area contributed by atoms with Crippen molar-refractivity contribution in [2.24, 2.45) is 7.05 Å². The van der Waals surface area contributed by atoms with Crippen LogP contribution in [-0.2, 0) is 7.05 Å². The van der Waals surface area contributed by atoms with Gasteiger partial charge in [-0.25, -0.2) is 0 Å². The molecule has 0 unspecified atom stereocenters. The molecule has 2 aromatic heterocycles. The summed E-state index contributed by atoms with van der Waals surface area (Å²) in [7, 11) is 1.94. The molecule has 0 bridgehead atoms. The van der Waals surface area contributed by atoms with E-state index >= 15 is 0 Å². The highest BCUT2D eigenvalue weighted by Gasteiger charge is 2.14. The first kappa shape index (κ1) is 13.8. The van der Waals surface area contributed by atoms with Gasteiger partial charge in [0.15, 0.2) is 6.61 Å². The number of rotatable bonds is 4. The number of hydrogen-bond donors (Lipinski definition) is 0. The molecule has 0 amide bonds. The lowest BCUT2D eigenvalue weighted by atomic mass is 10.1. The SMILES string of the molecule is Cc1cc(C(=O)COc2cncc(Br)c2)c(C)n1C. The lowest BCUT2D eigenvalue weighted by Gasteiger charge is -2.05. The summed E-state index contributed by atoms with van der Waals surface area (Å²) in [6.07, 6.45) is 3.25. The van der Waals surface area contributed by atoms with Crippen molar-refractivity contribution in [3.63, 3.8) is 0 Å². The van der Waals surface area contributed by atoms with Crippen LogP contribution in [0.15, 0.2) is 29.0 Å². The first-order valence-electron chi connectivity index (χ1n) is 5.88. The molecule has 0 saturated carbocycles. The van der Waals surface area contributed by atoms with Gasteiger partial charge in [-0.3, -0.25) is 9.78 Å². The Labute approximate surface area is 120 Å². The Bertz CT molecular complexity index is 620. The molecule has 0 N–H and O–H groups in total. The van der Waals surface area contributed by atoms with Gasteiger partial charge >= 0.3 is 0 Å². The predicted octanol–water partition coefficient (Wildman–Crippen LogP) is 3.06. The zero-order valence-electron chi connectivity index (χ0n) is 11.1. The van der Waals surface area contributed by atoms with Gasteiger partial charge in [-0.1, -0.05) is 0 Å². The minimum Gasteiger partial charge on any atom is -0.484 e. The molecule has 5 heteroatoms. The van der Waals surface area contributed by atoms with E-state index in [9.17, 15) is 4.79 Å². The summed E-state index contributed by atoms with van der Waals surface area (Å²) in [5.74, 6) is 0.550. The van der Waals surface area contributed by atoms with Crippen LogP contribution in [0.2, 0.25) is 0 Å². The first-order valence-corrected chi connectivity index (χ1v) is 6.68. The molecule has 100 valence electrons. The summed E-state index contributed by atoms with van der Waals surface area (Å²) in [6.45, 7) is 3.92.